The zero-order valence-corrected chi connectivity index (χ0v) is 11.5. The number of fused-ring (bicyclic) bond motifs is 1. The molecule has 1 aliphatic rings. The molecule has 21 heavy (non-hydrogen) atoms. The molecule has 0 saturated heterocycles. The van der Waals surface area contributed by atoms with Gasteiger partial charge in [0.05, 0.1) is 7.11 Å². The SMILES string of the molecule is COc1ccc2c(c1)C(N)CC(c1cc(F)cc(F)c1)O2. The van der Waals surface area contributed by atoms with Gasteiger partial charge in [0.15, 0.2) is 0 Å². The lowest BCUT2D eigenvalue weighted by molar-refractivity contribution is 0.160. The normalized spacial score (nSPS) is 20.6. The first-order valence-electron chi connectivity index (χ1n) is 6.63. The van der Waals surface area contributed by atoms with E-state index in [1.54, 1.807) is 19.2 Å². The number of methoxy groups -OCH3 is 1. The van der Waals surface area contributed by atoms with Crippen molar-refractivity contribution in [1.82, 2.24) is 0 Å². The fourth-order valence-electron chi connectivity index (χ4n) is 2.57. The maximum absolute atomic E-state index is 13.3. The van der Waals surface area contributed by atoms with Gasteiger partial charge in [-0.25, -0.2) is 8.78 Å². The Balaban J connectivity index is 1.94. The Morgan fingerprint density at radius 3 is 2.52 bits per heavy atom. The van der Waals surface area contributed by atoms with Gasteiger partial charge in [0, 0.05) is 24.1 Å². The predicted molar refractivity (Wildman–Crippen MR) is 74.3 cm³/mol. The van der Waals surface area contributed by atoms with Gasteiger partial charge in [-0.1, -0.05) is 0 Å². The minimum Gasteiger partial charge on any atom is -0.497 e. The van der Waals surface area contributed by atoms with E-state index in [2.05, 4.69) is 0 Å². The van der Waals surface area contributed by atoms with Crippen LogP contribution in [0.3, 0.4) is 0 Å². The first kappa shape index (κ1) is 13.8. The summed E-state index contributed by atoms with van der Waals surface area (Å²) in [4.78, 5) is 0. The van der Waals surface area contributed by atoms with E-state index in [1.807, 2.05) is 6.07 Å². The molecule has 1 aliphatic heterocycles. The molecule has 0 aromatic heterocycles. The number of nitrogens with two attached hydrogens (primary N) is 1. The molecule has 2 aromatic rings. The Kier molecular flexibility index (Phi) is 3.51. The molecular formula is C16H15F2NO2. The molecule has 2 aromatic carbocycles. The molecule has 1 heterocycles. The minimum absolute atomic E-state index is 0.278. The molecule has 5 heteroatoms. The van der Waals surface area contributed by atoms with Crippen molar-refractivity contribution >= 4 is 0 Å². The molecule has 3 nitrogen and oxygen atoms in total. The second kappa shape index (κ2) is 5.33. The summed E-state index contributed by atoms with van der Waals surface area (Å²) >= 11 is 0. The molecule has 0 saturated carbocycles. The van der Waals surface area contributed by atoms with Crippen LogP contribution in [0.2, 0.25) is 0 Å². The monoisotopic (exact) mass is 291 g/mol. The molecule has 110 valence electrons. The molecule has 0 spiro atoms. The number of halogens is 2. The second-order valence-electron chi connectivity index (χ2n) is 5.06. The molecule has 0 amide bonds. The maximum Gasteiger partial charge on any atom is 0.126 e. The maximum atomic E-state index is 13.3. The molecule has 0 bridgehead atoms. The summed E-state index contributed by atoms with van der Waals surface area (Å²) in [6.07, 6.45) is -0.0191. The molecule has 3 rings (SSSR count). The van der Waals surface area contributed by atoms with Crippen LogP contribution in [0.4, 0.5) is 8.78 Å². The van der Waals surface area contributed by atoms with Crippen molar-refractivity contribution in [3.8, 4) is 11.5 Å². The van der Waals surface area contributed by atoms with Gasteiger partial charge in [-0.05, 0) is 35.9 Å². The molecule has 0 aliphatic carbocycles. The second-order valence-corrected chi connectivity index (χ2v) is 5.06. The lowest BCUT2D eigenvalue weighted by atomic mass is 9.93. The van der Waals surface area contributed by atoms with Crippen molar-refractivity contribution < 1.29 is 18.3 Å². The van der Waals surface area contributed by atoms with Gasteiger partial charge >= 0.3 is 0 Å². The number of benzene rings is 2. The fraction of sp³-hybridized carbons (Fsp3) is 0.250. The first-order chi connectivity index (χ1) is 10.1. The van der Waals surface area contributed by atoms with Crippen LogP contribution < -0.4 is 15.2 Å². The van der Waals surface area contributed by atoms with Gasteiger partial charge in [0.2, 0.25) is 0 Å². The zero-order valence-electron chi connectivity index (χ0n) is 11.5. The number of hydrogen-bond acceptors (Lipinski definition) is 3. The van der Waals surface area contributed by atoms with Gasteiger partial charge in [0.1, 0.15) is 29.2 Å². The third-order valence-corrected chi connectivity index (χ3v) is 3.61. The highest BCUT2D eigenvalue weighted by molar-refractivity contribution is 5.44. The lowest BCUT2D eigenvalue weighted by Crippen LogP contribution is -2.24. The van der Waals surface area contributed by atoms with Crippen molar-refractivity contribution in [1.29, 1.82) is 0 Å². The highest BCUT2D eigenvalue weighted by Crippen LogP contribution is 2.41. The highest BCUT2D eigenvalue weighted by Gasteiger charge is 2.28. The van der Waals surface area contributed by atoms with Crippen LogP contribution in [0, 0.1) is 11.6 Å². The van der Waals surface area contributed by atoms with Gasteiger partial charge < -0.3 is 15.2 Å². The third kappa shape index (κ3) is 2.69. The van der Waals surface area contributed by atoms with Gasteiger partial charge in [0.25, 0.3) is 0 Å². The summed E-state index contributed by atoms with van der Waals surface area (Å²) < 4.78 is 37.7. The van der Waals surface area contributed by atoms with Crippen molar-refractivity contribution in [2.24, 2.45) is 5.73 Å². The Hall–Kier alpha value is -2.14. The average molecular weight is 291 g/mol. The van der Waals surface area contributed by atoms with Crippen LogP contribution in [0.5, 0.6) is 11.5 Å². The lowest BCUT2D eigenvalue weighted by Gasteiger charge is -2.30. The van der Waals surface area contributed by atoms with E-state index in [0.29, 0.717) is 23.5 Å². The summed E-state index contributed by atoms with van der Waals surface area (Å²) in [6.45, 7) is 0. The largest absolute Gasteiger partial charge is 0.497 e. The van der Waals surface area contributed by atoms with Crippen LogP contribution >= 0.6 is 0 Å². The molecule has 2 unspecified atom stereocenters. The van der Waals surface area contributed by atoms with Gasteiger partial charge in [-0.2, -0.15) is 0 Å². The number of ether oxygens (including phenoxy) is 2. The third-order valence-electron chi connectivity index (χ3n) is 3.61. The summed E-state index contributed by atoms with van der Waals surface area (Å²) in [5, 5.41) is 0. The van der Waals surface area contributed by atoms with E-state index in [-0.39, 0.29) is 6.04 Å². The van der Waals surface area contributed by atoms with Gasteiger partial charge in [-0.3, -0.25) is 0 Å². The highest BCUT2D eigenvalue weighted by atomic mass is 19.1. The van der Waals surface area contributed by atoms with Crippen molar-refractivity contribution in [3.63, 3.8) is 0 Å². The number of hydrogen-bond donors (Lipinski definition) is 1. The zero-order chi connectivity index (χ0) is 15.0. The van der Waals surface area contributed by atoms with Crippen LogP contribution in [-0.4, -0.2) is 7.11 Å². The Morgan fingerprint density at radius 2 is 1.86 bits per heavy atom. The average Bonchev–Trinajstić information content (AvgIpc) is 2.46. The molecule has 2 N–H and O–H groups in total. The molecule has 0 radical (unpaired) electrons. The summed E-state index contributed by atoms with van der Waals surface area (Å²) in [5.41, 5.74) is 7.43. The van der Waals surface area contributed by atoms with Crippen molar-refractivity contribution in [3.05, 3.63) is 59.2 Å². The molecule has 2 atom stereocenters. The first-order valence-corrected chi connectivity index (χ1v) is 6.63. The van der Waals surface area contributed by atoms with E-state index in [4.69, 9.17) is 15.2 Å². The van der Waals surface area contributed by atoms with Gasteiger partial charge in [-0.15, -0.1) is 0 Å². The van der Waals surface area contributed by atoms with Crippen LogP contribution in [0.1, 0.15) is 29.7 Å². The Labute approximate surface area is 121 Å². The van der Waals surface area contributed by atoms with E-state index in [9.17, 15) is 8.78 Å². The van der Waals surface area contributed by atoms with Crippen molar-refractivity contribution in [2.75, 3.05) is 7.11 Å². The Morgan fingerprint density at radius 1 is 1.14 bits per heavy atom. The van der Waals surface area contributed by atoms with Crippen LogP contribution in [0.15, 0.2) is 36.4 Å². The van der Waals surface area contributed by atoms with Crippen molar-refractivity contribution in [2.45, 2.75) is 18.6 Å². The Bertz CT molecular complexity index is 655. The minimum atomic E-state index is -0.623. The fourth-order valence-corrected chi connectivity index (χ4v) is 2.57. The van der Waals surface area contributed by atoms with Crippen LogP contribution in [-0.2, 0) is 0 Å². The molecule has 0 fully saturated rings. The summed E-state index contributed by atoms with van der Waals surface area (Å²) in [6, 6.07) is 8.45. The smallest absolute Gasteiger partial charge is 0.126 e. The predicted octanol–water partition coefficient (Wildman–Crippen LogP) is 3.50. The van der Waals surface area contributed by atoms with Crippen LogP contribution in [0.25, 0.3) is 0 Å². The standard InChI is InChI=1S/C16H15F2NO2/c1-20-12-2-3-15-13(7-12)14(19)8-16(21-15)9-4-10(17)6-11(18)5-9/h2-7,14,16H,8,19H2,1H3. The van der Waals surface area contributed by atoms with E-state index >= 15 is 0 Å². The topological polar surface area (TPSA) is 44.5 Å². The van der Waals surface area contributed by atoms with E-state index in [1.165, 1.54) is 12.1 Å². The van der Waals surface area contributed by atoms with E-state index in [0.717, 1.165) is 11.6 Å². The summed E-state index contributed by atoms with van der Waals surface area (Å²) in [7, 11) is 1.58. The quantitative estimate of drug-likeness (QED) is 0.921. The summed E-state index contributed by atoms with van der Waals surface area (Å²) in [5.74, 6) is 0.0673. The number of rotatable bonds is 2. The van der Waals surface area contributed by atoms with E-state index < -0.39 is 17.7 Å². The molecular weight excluding hydrogens is 276 g/mol.